The maximum absolute atomic E-state index is 13.6. The summed E-state index contributed by atoms with van der Waals surface area (Å²) in [6.07, 6.45) is -6.97. The molecule has 4 aromatic rings. The maximum atomic E-state index is 13.6. The summed E-state index contributed by atoms with van der Waals surface area (Å²) in [6.45, 7) is 5.05. The Morgan fingerprint density at radius 3 is 2.12 bits per heavy atom. The van der Waals surface area contributed by atoms with Crippen LogP contribution in [0, 0.1) is 5.82 Å². The summed E-state index contributed by atoms with van der Waals surface area (Å²) in [7, 11) is 0. The first-order valence-corrected chi connectivity index (χ1v) is 16.0. The molecule has 13 heteroatoms. The molecule has 0 aromatic heterocycles. The van der Waals surface area contributed by atoms with E-state index in [2.05, 4.69) is 0 Å². The second-order valence-electron chi connectivity index (χ2n) is 12.6. The Kier molecular flexibility index (Phi) is 10.7. The van der Waals surface area contributed by atoms with E-state index in [0.29, 0.717) is 23.3 Å². The summed E-state index contributed by atoms with van der Waals surface area (Å²) in [5.74, 6) is 0.0234. The second-order valence-corrected chi connectivity index (χ2v) is 13.0. The summed E-state index contributed by atoms with van der Waals surface area (Å²) < 4.78 is 68.6. The van der Waals surface area contributed by atoms with Gasteiger partial charge in [0.1, 0.15) is 22.9 Å². The fourth-order valence-electron chi connectivity index (χ4n) is 5.15. The number of alkyl halides is 3. The van der Waals surface area contributed by atoms with Gasteiger partial charge in [-0.1, -0.05) is 48.0 Å². The van der Waals surface area contributed by atoms with Gasteiger partial charge in [-0.3, -0.25) is 0 Å². The van der Waals surface area contributed by atoms with Gasteiger partial charge in [0, 0.05) is 19.6 Å². The quantitative estimate of drug-likeness (QED) is 0.146. The van der Waals surface area contributed by atoms with Crippen molar-refractivity contribution in [3.63, 3.8) is 0 Å². The predicted molar refractivity (Wildman–Crippen MR) is 177 cm³/mol. The first kappa shape index (κ1) is 36.2. The molecule has 0 fully saturated rings. The van der Waals surface area contributed by atoms with Crippen LogP contribution in [0.15, 0.2) is 84.9 Å². The Balaban J connectivity index is 1.23. The highest BCUT2D eigenvalue weighted by atomic mass is 35.5. The van der Waals surface area contributed by atoms with Crippen LogP contribution in [0.3, 0.4) is 0 Å². The number of nitrogens with zero attached hydrogens (tertiary/aromatic N) is 2. The zero-order valence-electron chi connectivity index (χ0n) is 27.4. The monoisotopic (exact) mass is 712 g/mol. The van der Waals surface area contributed by atoms with Crippen LogP contribution in [-0.2, 0) is 35.0 Å². The largest absolute Gasteiger partial charge is 0.457 e. The van der Waals surface area contributed by atoms with Crippen molar-refractivity contribution >= 4 is 29.9 Å². The highest BCUT2D eigenvalue weighted by Crippen LogP contribution is 2.33. The van der Waals surface area contributed by atoms with Crippen molar-refractivity contribution in [2.24, 2.45) is 0 Å². The summed E-state index contributed by atoms with van der Waals surface area (Å²) >= 11 is 5.91. The molecule has 1 aliphatic heterocycles. The van der Waals surface area contributed by atoms with E-state index in [1.165, 1.54) is 29.2 Å². The standard InChI is InChI=1S/C37H33ClF4N2O6/c1-36(2,3)50-35(47)44(19-16-23-4-6-24(7-5-23)26-9-15-32(39)31(38)21-26)34(46)49-33(45)43-18-17-25-8-12-30(20-27(25)22-43)48-29-13-10-28(11-14-29)37(40,41)42/h4-15,20-21H,16-19,22H2,1-3H3. The van der Waals surface area contributed by atoms with E-state index >= 15 is 0 Å². The molecule has 0 saturated heterocycles. The average molecular weight is 713 g/mol. The summed E-state index contributed by atoms with van der Waals surface area (Å²) in [5.41, 5.74) is 2.14. The van der Waals surface area contributed by atoms with Crippen molar-refractivity contribution in [1.29, 1.82) is 0 Å². The molecule has 0 atom stereocenters. The molecule has 0 bridgehead atoms. The molecule has 0 aliphatic carbocycles. The fraction of sp³-hybridized carbons (Fsp3) is 0.270. The van der Waals surface area contributed by atoms with E-state index in [4.69, 9.17) is 25.8 Å². The lowest BCUT2D eigenvalue weighted by atomic mass is 10.00. The number of carbonyl (C=O) groups excluding carboxylic acids is 3. The predicted octanol–water partition coefficient (Wildman–Crippen LogP) is 10.1. The van der Waals surface area contributed by atoms with E-state index < -0.39 is 41.4 Å². The number of rotatable bonds is 6. The van der Waals surface area contributed by atoms with E-state index in [0.717, 1.165) is 33.7 Å². The minimum atomic E-state index is -4.47. The Hall–Kier alpha value is -5.10. The SMILES string of the molecule is CC(C)(C)OC(=O)N(CCc1ccc(-c2ccc(F)c(Cl)c2)cc1)C(=O)OC(=O)N1CCc2ccc(Oc3ccc(C(F)(F)F)cc3)cc2C1. The number of fused-ring (bicyclic) bond motifs is 1. The van der Waals surface area contributed by atoms with Crippen molar-refractivity contribution < 1.29 is 46.2 Å². The van der Waals surface area contributed by atoms with Crippen molar-refractivity contribution in [3.8, 4) is 22.6 Å². The molecule has 1 heterocycles. The molecule has 262 valence electrons. The molecule has 0 saturated carbocycles. The topological polar surface area (TPSA) is 85.4 Å². The Morgan fingerprint density at radius 2 is 1.48 bits per heavy atom. The van der Waals surface area contributed by atoms with Crippen LogP contribution in [0.2, 0.25) is 5.02 Å². The molecule has 50 heavy (non-hydrogen) atoms. The van der Waals surface area contributed by atoms with Crippen molar-refractivity contribution in [2.45, 2.75) is 51.9 Å². The number of amides is 3. The third kappa shape index (κ3) is 9.32. The lowest BCUT2D eigenvalue weighted by Gasteiger charge is -2.29. The van der Waals surface area contributed by atoms with Gasteiger partial charge in [0.2, 0.25) is 0 Å². The number of ether oxygens (including phenoxy) is 3. The molecule has 8 nitrogen and oxygen atoms in total. The lowest BCUT2D eigenvalue weighted by molar-refractivity contribution is -0.137. The number of carbonyl (C=O) groups is 3. The van der Waals surface area contributed by atoms with Gasteiger partial charge in [-0.2, -0.15) is 13.2 Å². The van der Waals surface area contributed by atoms with Gasteiger partial charge in [0.15, 0.2) is 0 Å². The molecule has 3 amide bonds. The third-order valence-electron chi connectivity index (χ3n) is 7.71. The number of hydrogen-bond donors (Lipinski definition) is 0. The van der Waals surface area contributed by atoms with E-state index in [1.54, 1.807) is 69.3 Å². The van der Waals surface area contributed by atoms with E-state index in [1.807, 2.05) is 0 Å². The first-order chi connectivity index (χ1) is 23.6. The molecule has 1 aliphatic rings. The van der Waals surface area contributed by atoms with Crippen LogP contribution >= 0.6 is 11.6 Å². The normalized spacial score (nSPS) is 12.9. The van der Waals surface area contributed by atoms with Gasteiger partial charge in [-0.15, -0.1) is 0 Å². The van der Waals surface area contributed by atoms with Gasteiger partial charge < -0.3 is 19.1 Å². The Morgan fingerprint density at radius 1 is 0.820 bits per heavy atom. The third-order valence-corrected chi connectivity index (χ3v) is 8.00. The molecule has 0 spiro atoms. The average Bonchev–Trinajstić information content (AvgIpc) is 3.05. The van der Waals surface area contributed by atoms with Gasteiger partial charge in [0.05, 0.1) is 10.6 Å². The minimum absolute atomic E-state index is 0.00291. The van der Waals surface area contributed by atoms with Crippen LogP contribution in [0.4, 0.5) is 31.9 Å². The molecule has 0 radical (unpaired) electrons. The lowest BCUT2D eigenvalue weighted by Crippen LogP contribution is -2.45. The number of benzene rings is 4. The van der Waals surface area contributed by atoms with Crippen molar-refractivity contribution in [3.05, 3.63) is 118 Å². The zero-order chi connectivity index (χ0) is 36.2. The highest BCUT2D eigenvalue weighted by molar-refractivity contribution is 6.31. The molecule has 4 aromatic carbocycles. The van der Waals surface area contributed by atoms with Crippen LogP contribution in [-0.4, -0.2) is 46.8 Å². The summed E-state index contributed by atoms with van der Waals surface area (Å²) in [5, 5.41) is -0.00291. The van der Waals surface area contributed by atoms with Crippen molar-refractivity contribution in [1.82, 2.24) is 9.80 Å². The molecule has 0 unspecified atom stereocenters. The van der Waals surface area contributed by atoms with Crippen LogP contribution in [0.5, 0.6) is 11.5 Å². The zero-order valence-corrected chi connectivity index (χ0v) is 28.1. The number of halogens is 5. The number of imide groups is 1. The second kappa shape index (κ2) is 14.8. The van der Waals surface area contributed by atoms with Gasteiger partial charge in [-0.05, 0) is 110 Å². The molecule has 5 rings (SSSR count). The van der Waals surface area contributed by atoms with Crippen LogP contribution < -0.4 is 4.74 Å². The molecular weight excluding hydrogens is 680 g/mol. The van der Waals surface area contributed by atoms with Gasteiger partial charge >= 0.3 is 24.5 Å². The van der Waals surface area contributed by atoms with Crippen LogP contribution in [0.1, 0.15) is 43.0 Å². The molecular formula is C37H33ClF4N2O6. The minimum Gasteiger partial charge on any atom is -0.457 e. The first-order valence-electron chi connectivity index (χ1n) is 15.6. The van der Waals surface area contributed by atoms with Crippen molar-refractivity contribution in [2.75, 3.05) is 13.1 Å². The fourth-order valence-corrected chi connectivity index (χ4v) is 5.33. The number of hydrogen-bond acceptors (Lipinski definition) is 6. The highest BCUT2D eigenvalue weighted by Gasteiger charge is 2.33. The van der Waals surface area contributed by atoms with E-state index in [-0.39, 0.29) is 36.8 Å². The summed E-state index contributed by atoms with van der Waals surface area (Å²) in [6, 6.07) is 21.0. The van der Waals surface area contributed by atoms with E-state index in [9.17, 15) is 31.9 Å². The van der Waals surface area contributed by atoms with Gasteiger partial charge in [-0.25, -0.2) is 23.7 Å². The maximum Gasteiger partial charge on any atom is 0.428 e. The Labute approximate surface area is 291 Å². The van der Waals surface area contributed by atoms with Gasteiger partial charge in [0.25, 0.3) is 0 Å². The molecule has 0 N–H and O–H groups in total. The smallest absolute Gasteiger partial charge is 0.428 e. The summed E-state index contributed by atoms with van der Waals surface area (Å²) in [4.78, 5) is 41.5. The van der Waals surface area contributed by atoms with Crippen LogP contribution in [0.25, 0.3) is 11.1 Å². The Bertz CT molecular complexity index is 1880.